The van der Waals surface area contributed by atoms with Crippen LogP contribution in [0.5, 0.6) is 5.75 Å². The van der Waals surface area contributed by atoms with E-state index in [2.05, 4.69) is 42.4 Å². The molecular weight excluding hydrogens is 408 g/mol. The number of halogens is 2. The standard InChI is InChI=1S/C13H10Br2N2O2S/c14-9-2-1-3-10(6-9)19-8-13(18)17-16-7-11-4-5-12(15)20-11/h1-7H,8H2,(H,17,18)/b16-7+. The summed E-state index contributed by atoms with van der Waals surface area (Å²) in [5, 5.41) is 3.86. The van der Waals surface area contributed by atoms with Crippen molar-refractivity contribution in [3.05, 3.63) is 49.5 Å². The molecule has 2 rings (SSSR count). The van der Waals surface area contributed by atoms with Gasteiger partial charge in [-0.25, -0.2) is 5.43 Å². The van der Waals surface area contributed by atoms with E-state index in [0.29, 0.717) is 5.75 Å². The minimum atomic E-state index is -0.308. The van der Waals surface area contributed by atoms with E-state index >= 15 is 0 Å². The van der Waals surface area contributed by atoms with Crippen molar-refractivity contribution >= 4 is 55.3 Å². The van der Waals surface area contributed by atoms with Crippen LogP contribution < -0.4 is 10.2 Å². The smallest absolute Gasteiger partial charge is 0.277 e. The highest BCUT2D eigenvalue weighted by atomic mass is 79.9. The van der Waals surface area contributed by atoms with Crippen LogP contribution >= 0.6 is 43.2 Å². The summed E-state index contributed by atoms with van der Waals surface area (Å²) in [5.41, 5.74) is 2.41. The number of hydrogen-bond donors (Lipinski definition) is 1. The summed E-state index contributed by atoms with van der Waals surface area (Å²) in [6, 6.07) is 11.1. The zero-order chi connectivity index (χ0) is 14.4. The van der Waals surface area contributed by atoms with Gasteiger partial charge in [-0.2, -0.15) is 5.10 Å². The summed E-state index contributed by atoms with van der Waals surface area (Å²) < 4.78 is 7.25. The topological polar surface area (TPSA) is 50.7 Å². The Kier molecular flexibility index (Phi) is 5.75. The molecule has 0 aliphatic rings. The van der Waals surface area contributed by atoms with E-state index in [1.54, 1.807) is 18.3 Å². The van der Waals surface area contributed by atoms with E-state index in [1.165, 1.54) is 11.3 Å². The van der Waals surface area contributed by atoms with Crippen LogP contribution in [0.1, 0.15) is 4.88 Å². The third-order valence-electron chi connectivity index (χ3n) is 2.14. The second-order valence-electron chi connectivity index (χ2n) is 3.68. The Morgan fingerprint density at radius 3 is 2.90 bits per heavy atom. The Hall–Kier alpha value is -1.18. The summed E-state index contributed by atoms with van der Waals surface area (Å²) in [4.78, 5) is 12.5. The maximum absolute atomic E-state index is 11.5. The van der Waals surface area contributed by atoms with Crippen LogP contribution in [-0.4, -0.2) is 18.7 Å². The first-order valence-electron chi connectivity index (χ1n) is 5.59. The summed E-state index contributed by atoms with van der Waals surface area (Å²) in [6.07, 6.45) is 1.59. The van der Waals surface area contributed by atoms with Gasteiger partial charge in [-0.1, -0.05) is 22.0 Å². The molecule has 20 heavy (non-hydrogen) atoms. The molecule has 2 aromatic rings. The molecule has 0 spiro atoms. The second-order valence-corrected chi connectivity index (χ2v) is 7.09. The number of benzene rings is 1. The third kappa shape index (κ3) is 5.07. The lowest BCUT2D eigenvalue weighted by Crippen LogP contribution is -2.24. The number of rotatable bonds is 5. The van der Waals surface area contributed by atoms with Crippen molar-refractivity contribution in [1.29, 1.82) is 0 Å². The van der Waals surface area contributed by atoms with Crippen molar-refractivity contribution in [2.24, 2.45) is 5.10 Å². The lowest BCUT2D eigenvalue weighted by Gasteiger charge is -2.04. The van der Waals surface area contributed by atoms with Crippen LogP contribution in [0, 0.1) is 0 Å². The third-order valence-corrected chi connectivity index (χ3v) is 4.19. The molecule has 1 aromatic carbocycles. The van der Waals surface area contributed by atoms with Gasteiger partial charge in [-0.05, 0) is 46.3 Å². The molecule has 7 heteroatoms. The van der Waals surface area contributed by atoms with E-state index < -0.39 is 0 Å². The van der Waals surface area contributed by atoms with Crippen LogP contribution in [0.25, 0.3) is 0 Å². The van der Waals surface area contributed by atoms with Crippen LogP contribution in [-0.2, 0) is 4.79 Å². The van der Waals surface area contributed by atoms with Gasteiger partial charge >= 0.3 is 0 Å². The van der Waals surface area contributed by atoms with Crippen LogP contribution in [0.4, 0.5) is 0 Å². The SMILES string of the molecule is O=C(COc1cccc(Br)c1)N/N=C/c1ccc(Br)s1. The first-order valence-corrected chi connectivity index (χ1v) is 7.99. The molecule has 0 saturated heterocycles. The number of carbonyl (C=O) groups is 1. The van der Waals surface area contributed by atoms with Crippen molar-refractivity contribution in [2.45, 2.75) is 0 Å². The summed E-state index contributed by atoms with van der Waals surface area (Å²) in [7, 11) is 0. The maximum Gasteiger partial charge on any atom is 0.277 e. The Morgan fingerprint density at radius 2 is 2.20 bits per heavy atom. The lowest BCUT2D eigenvalue weighted by molar-refractivity contribution is -0.123. The van der Waals surface area contributed by atoms with Crippen molar-refractivity contribution < 1.29 is 9.53 Å². The fraction of sp³-hybridized carbons (Fsp3) is 0.0769. The fourth-order valence-electron chi connectivity index (χ4n) is 1.30. The normalized spacial score (nSPS) is 10.7. The molecule has 0 atom stereocenters. The number of nitrogens with zero attached hydrogens (tertiary/aromatic N) is 1. The molecule has 0 saturated carbocycles. The number of amides is 1. The Balaban J connectivity index is 1.77. The molecule has 104 valence electrons. The predicted octanol–water partition coefficient (Wildman–Crippen LogP) is 3.80. The molecule has 0 radical (unpaired) electrons. The first kappa shape index (κ1) is 15.2. The minimum absolute atomic E-state index is 0.0814. The number of thiophene rings is 1. The molecule has 0 bridgehead atoms. The van der Waals surface area contributed by atoms with E-state index in [-0.39, 0.29) is 12.5 Å². The van der Waals surface area contributed by atoms with E-state index in [4.69, 9.17) is 4.74 Å². The van der Waals surface area contributed by atoms with Crippen molar-refractivity contribution in [3.8, 4) is 5.75 Å². The molecule has 1 amide bonds. The number of hydrogen-bond acceptors (Lipinski definition) is 4. The average molecular weight is 418 g/mol. The van der Waals surface area contributed by atoms with Gasteiger partial charge in [0.25, 0.3) is 5.91 Å². The fourth-order valence-corrected chi connectivity index (χ4v) is 2.98. The van der Waals surface area contributed by atoms with Crippen molar-refractivity contribution in [1.82, 2.24) is 5.43 Å². The van der Waals surface area contributed by atoms with Crippen LogP contribution in [0.2, 0.25) is 0 Å². The largest absolute Gasteiger partial charge is 0.484 e. The number of nitrogens with one attached hydrogen (secondary N) is 1. The molecule has 1 aromatic heterocycles. The minimum Gasteiger partial charge on any atom is -0.484 e. The number of carbonyl (C=O) groups excluding carboxylic acids is 1. The van der Waals surface area contributed by atoms with Gasteiger partial charge in [-0.3, -0.25) is 4.79 Å². The second kappa shape index (κ2) is 7.56. The molecule has 0 aliphatic heterocycles. The van der Waals surface area contributed by atoms with E-state index in [0.717, 1.165) is 13.1 Å². The van der Waals surface area contributed by atoms with Gasteiger partial charge in [0.15, 0.2) is 6.61 Å². The highest BCUT2D eigenvalue weighted by Crippen LogP contribution is 2.20. The summed E-state index contributed by atoms with van der Waals surface area (Å²) >= 11 is 8.22. The quantitative estimate of drug-likeness (QED) is 0.594. The van der Waals surface area contributed by atoms with Crippen LogP contribution in [0.3, 0.4) is 0 Å². The monoisotopic (exact) mass is 416 g/mol. The lowest BCUT2D eigenvalue weighted by atomic mass is 10.3. The summed E-state index contributed by atoms with van der Waals surface area (Å²) in [6.45, 7) is -0.0814. The van der Waals surface area contributed by atoms with Gasteiger partial charge < -0.3 is 4.74 Å². The highest BCUT2D eigenvalue weighted by molar-refractivity contribution is 9.11. The molecule has 0 aliphatic carbocycles. The van der Waals surface area contributed by atoms with Crippen molar-refractivity contribution in [3.63, 3.8) is 0 Å². The average Bonchev–Trinajstić information content (AvgIpc) is 2.82. The highest BCUT2D eigenvalue weighted by Gasteiger charge is 2.01. The van der Waals surface area contributed by atoms with Gasteiger partial charge in [-0.15, -0.1) is 11.3 Å². The van der Waals surface area contributed by atoms with E-state index in [1.807, 2.05) is 24.3 Å². The molecule has 0 unspecified atom stereocenters. The van der Waals surface area contributed by atoms with Gasteiger partial charge in [0.2, 0.25) is 0 Å². The predicted molar refractivity (Wildman–Crippen MR) is 87.4 cm³/mol. The Morgan fingerprint density at radius 1 is 1.35 bits per heavy atom. The van der Waals surface area contributed by atoms with E-state index in [9.17, 15) is 4.79 Å². The zero-order valence-corrected chi connectivity index (χ0v) is 14.2. The Bertz CT molecular complexity index is 628. The molecule has 4 nitrogen and oxygen atoms in total. The van der Waals surface area contributed by atoms with Gasteiger partial charge in [0, 0.05) is 9.35 Å². The maximum atomic E-state index is 11.5. The van der Waals surface area contributed by atoms with Gasteiger partial charge in [0.05, 0.1) is 10.0 Å². The van der Waals surface area contributed by atoms with Crippen LogP contribution in [0.15, 0.2) is 49.8 Å². The van der Waals surface area contributed by atoms with Gasteiger partial charge in [0.1, 0.15) is 5.75 Å². The molecule has 1 N–H and O–H groups in total. The number of hydrazone groups is 1. The molecule has 1 heterocycles. The van der Waals surface area contributed by atoms with Crippen molar-refractivity contribution in [2.75, 3.05) is 6.61 Å². The first-order chi connectivity index (χ1) is 9.63. The molecular formula is C13H10Br2N2O2S. The summed E-state index contributed by atoms with van der Waals surface area (Å²) in [5.74, 6) is 0.317. The molecule has 0 fully saturated rings. The Labute approximate surface area is 137 Å². The number of ether oxygens (including phenoxy) is 1. The zero-order valence-electron chi connectivity index (χ0n) is 10.2.